The molecule has 2 aromatic rings. The van der Waals surface area contributed by atoms with Crippen LogP contribution in [0.3, 0.4) is 0 Å². The van der Waals surface area contributed by atoms with Gasteiger partial charge in [0, 0.05) is 39.6 Å². The Labute approximate surface area is 164 Å². The first-order chi connectivity index (χ1) is 13.1. The zero-order valence-electron chi connectivity index (χ0n) is 17.3. The van der Waals surface area contributed by atoms with E-state index < -0.39 is 0 Å². The predicted octanol–water partition coefficient (Wildman–Crippen LogP) is 5.23. The molecule has 0 N–H and O–H groups in total. The van der Waals surface area contributed by atoms with Gasteiger partial charge in [-0.3, -0.25) is 0 Å². The van der Waals surface area contributed by atoms with Crippen molar-refractivity contribution in [3.8, 4) is 11.5 Å². The van der Waals surface area contributed by atoms with Crippen LogP contribution in [-0.4, -0.2) is 41.4 Å². The Hall–Kier alpha value is -2.36. The molecule has 27 heavy (non-hydrogen) atoms. The van der Waals surface area contributed by atoms with E-state index in [4.69, 9.17) is 9.47 Å². The van der Waals surface area contributed by atoms with E-state index in [2.05, 4.69) is 34.1 Å². The number of benzene rings is 2. The summed E-state index contributed by atoms with van der Waals surface area (Å²) in [4.78, 5) is 4.18. The van der Waals surface area contributed by atoms with E-state index in [-0.39, 0.29) is 0 Å². The van der Waals surface area contributed by atoms with Crippen LogP contribution in [0.15, 0.2) is 48.5 Å². The standard InChI is InChI=1S/C23H34N2O2/c1-24(2)20-10-14-22(15-11-20)26-18-8-6-5-7-9-19-27-23-16-12-21(13-17-23)25(3)4/h10-17H,5-9,18-19H2,1-4H3. The SMILES string of the molecule is CN(C)c1ccc(OCCCCCCCOc2ccc(N(C)C)cc2)cc1. The lowest BCUT2D eigenvalue weighted by molar-refractivity contribution is 0.293. The van der Waals surface area contributed by atoms with Crippen molar-refractivity contribution >= 4 is 11.4 Å². The molecular weight excluding hydrogens is 336 g/mol. The van der Waals surface area contributed by atoms with Crippen molar-refractivity contribution in [1.82, 2.24) is 0 Å². The van der Waals surface area contributed by atoms with Crippen LogP contribution in [-0.2, 0) is 0 Å². The van der Waals surface area contributed by atoms with Crippen LogP contribution in [0, 0.1) is 0 Å². The van der Waals surface area contributed by atoms with Gasteiger partial charge in [-0.2, -0.15) is 0 Å². The van der Waals surface area contributed by atoms with Gasteiger partial charge in [-0.15, -0.1) is 0 Å². The van der Waals surface area contributed by atoms with Crippen LogP contribution in [0.4, 0.5) is 11.4 Å². The monoisotopic (exact) mass is 370 g/mol. The molecule has 0 spiro atoms. The van der Waals surface area contributed by atoms with Gasteiger partial charge in [0.15, 0.2) is 0 Å². The van der Waals surface area contributed by atoms with E-state index >= 15 is 0 Å². The van der Waals surface area contributed by atoms with Crippen LogP contribution < -0.4 is 19.3 Å². The maximum absolute atomic E-state index is 5.81. The molecule has 0 aliphatic rings. The highest BCUT2D eigenvalue weighted by Gasteiger charge is 1.99. The summed E-state index contributed by atoms with van der Waals surface area (Å²) in [6.45, 7) is 1.58. The minimum absolute atomic E-state index is 0.788. The molecule has 4 heteroatoms. The molecule has 0 bridgehead atoms. The molecule has 0 aliphatic carbocycles. The number of anilines is 2. The lowest BCUT2D eigenvalue weighted by atomic mass is 10.1. The van der Waals surface area contributed by atoms with Gasteiger partial charge in [-0.1, -0.05) is 19.3 Å². The fraction of sp³-hybridized carbons (Fsp3) is 0.478. The summed E-state index contributed by atoms with van der Waals surface area (Å²) in [5, 5.41) is 0. The summed E-state index contributed by atoms with van der Waals surface area (Å²) < 4.78 is 11.6. The molecule has 2 aromatic carbocycles. The van der Waals surface area contributed by atoms with Crippen LogP contribution in [0.25, 0.3) is 0 Å². The summed E-state index contributed by atoms with van der Waals surface area (Å²) in [5.41, 5.74) is 2.39. The lowest BCUT2D eigenvalue weighted by Gasteiger charge is -2.13. The Kier molecular flexibility index (Phi) is 8.82. The topological polar surface area (TPSA) is 24.9 Å². The van der Waals surface area contributed by atoms with Crippen molar-refractivity contribution in [3.63, 3.8) is 0 Å². The highest BCUT2D eigenvalue weighted by molar-refractivity contribution is 5.48. The molecule has 4 nitrogen and oxygen atoms in total. The van der Waals surface area contributed by atoms with Gasteiger partial charge in [0.1, 0.15) is 11.5 Å². The molecule has 0 unspecified atom stereocenters. The fourth-order valence-corrected chi connectivity index (χ4v) is 2.80. The first-order valence-corrected chi connectivity index (χ1v) is 9.86. The normalized spacial score (nSPS) is 10.5. The number of hydrogen-bond donors (Lipinski definition) is 0. The number of nitrogens with zero attached hydrogens (tertiary/aromatic N) is 2. The Morgan fingerprint density at radius 3 is 1.19 bits per heavy atom. The molecule has 0 saturated heterocycles. The first kappa shape index (κ1) is 20.9. The van der Waals surface area contributed by atoms with Crippen LogP contribution in [0.1, 0.15) is 32.1 Å². The minimum Gasteiger partial charge on any atom is -0.494 e. The number of unbranched alkanes of at least 4 members (excludes halogenated alkanes) is 4. The minimum atomic E-state index is 0.788. The van der Waals surface area contributed by atoms with Crippen molar-refractivity contribution in [2.75, 3.05) is 51.2 Å². The van der Waals surface area contributed by atoms with E-state index in [0.717, 1.165) is 37.6 Å². The predicted molar refractivity (Wildman–Crippen MR) is 116 cm³/mol. The van der Waals surface area contributed by atoms with E-state index in [0.29, 0.717) is 0 Å². The maximum atomic E-state index is 5.81. The van der Waals surface area contributed by atoms with Gasteiger partial charge in [0.2, 0.25) is 0 Å². The summed E-state index contributed by atoms with van der Waals surface area (Å²) in [7, 11) is 8.17. The van der Waals surface area contributed by atoms with Crippen LogP contribution in [0.2, 0.25) is 0 Å². The molecule has 0 amide bonds. The zero-order chi connectivity index (χ0) is 19.5. The van der Waals surface area contributed by atoms with Crippen molar-refractivity contribution < 1.29 is 9.47 Å². The highest BCUT2D eigenvalue weighted by atomic mass is 16.5. The lowest BCUT2D eigenvalue weighted by Crippen LogP contribution is -2.08. The number of hydrogen-bond acceptors (Lipinski definition) is 4. The summed E-state index contributed by atoms with van der Waals surface area (Å²) >= 11 is 0. The van der Waals surface area contributed by atoms with Crippen molar-refractivity contribution in [2.24, 2.45) is 0 Å². The largest absolute Gasteiger partial charge is 0.494 e. The molecule has 0 saturated carbocycles. The van der Waals surface area contributed by atoms with Crippen LogP contribution >= 0.6 is 0 Å². The second kappa shape index (κ2) is 11.4. The Morgan fingerprint density at radius 1 is 0.519 bits per heavy atom. The van der Waals surface area contributed by atoms with E-state index in [9.17, 15) is 0 Å². The molecule has 0 heterocycles. The second-order valence-corrected chi connectivity index (χ2v) is 7.24. The second-order valence-electron chi connectivity index (χ2n) is 7.24. The van der Waals surface area contributed by atoms with Crippen molar-refractivity contribution in [2.45, 2.75) is 32.1 Å². The number of rotatable bonds is 12. The molecule has 0 fully saturated rings. The highest BCUT2D eigenvalue weighted by Crippen LogP contribution is 2.19. The summed E-state index contributed by atoms with van der Waals surface area (Å²) in [5.74, 6) is 1.91. The molecule has 148 valence electrons. The average Bonchev–Trinajstić information content (AvgIpc) is 2.67. The molecule has 0 radical (unpaired) electrons. The van der Waals surface area contributed by atoms with Gasteiger partial charge >= 0.3 is 0 Å². The zero-order valence-corrected chi connectivity index (χ0v) is 17.3. The van der Waals surface area contributed by atoms with Gasteiger partial charge in [0.05, 0.1) is 13.2 Å². The van der Waals surface area contributed by atoms with Crippen molar-refractivity contribution in [1.29, 1.82) is 0 Å². The third kappa shape index (κ3) is 7.81. The Morgan fingerprint density at radius 2 is 0.852 bits per heavy atom. The Balaban J connectivity index is 1.47. The van der Waals surface area contributed by atoms with Gasteiger partial charge in [0.25, 0.3) is 0 Å². The van der Waals surface area contributed by atoms with E-state index in [1.54, 1.807) is 0 Å². The average molecular weight is 371 g/mol. The van der Waals surface area contributed by atoms with E-state index in [1.165, 1.54) is 30.6 Å². The van der Waals surface area contributed by atoms with E-state index in [1.807, 2.05) is 52.5 Å². The van der Waals surface area contributed by atoms with Gasteiger partial charge in [-0.05, 0) is 61.4 Å². The first-order valence-electron chi connectivity index (χ1n) is 9.86. The molecule has 2 rings (SSSR count). The van der Waals surface area contributed by atoms with Crippen LogP contribution in [0.5, 0.6) is 11.5 Å². The summed E-state index contributed by atoms with van der Waals surface area (Å²) in [6.07, 6.45) is 5.83. The molecule has 0 atom stereocenters. The molecule has 0 aliphatic heterocycles. The van der Waals surface area contributed by atoms with Crippen molar-refractivity contribution in [3.05, 3.63) is 48.5 Å². The van der Waals surface area contributed by atoms with Gasteiger partial charge in [-0.25, -0.2) is 0 Å². The molecular formula is C23H34N2O2. The van der Waals surface area contributed by atoms with Gasteiger partial charge < -0.3 is 19.3 Å². The maximum Gasteiger partial charge on any atom is 0.119 e. The Bertz CT molecular complexity index is 579. The smallest absolute Gasteiger partial charge is 0.119 e. The fourth-order valence-electron chi connectivity index (χ4n) is 2.80. The number of ether oxygens (including phenoxy) is 2. The summed E-state index contributed by atoms with van der Waals surface area (Å²) in [6, 6.07) is 16.5. The third-order valence-electron chi connectivity index (χ3n) is 4.53. The molecule has 0 aromatic heterocycles. The third-order valence-corrected chi connectivity index (χ3v) is 4.53. The quantitative estimate of drug-likeness (QED) is 0.478.